The second-order valence-corrected chi connectivity index (χ2v) is 13.7. The molecule has 0 spiro atoms. The van der Waals surface area contributed by atoms with Gasteiger partial charge in [-0.05, 0) is 5.04 Å². The third kappa shape index (κ3) is 2.48. The van der Waals surface area contributed by atoms with Gasteiger partial charge < -0.3 is 0 Å². The molecule has 0 saturated heterocycles. The van der Waals surface area contributed by atoms with Gasteiger partial charge in [0, 0.05) is 14.1 Å². The van der Waals surface area contributed by atoms with Gasteiger partial charge in [-0.1, -0.05) is 33.9 Å². The molecule has 18 heavy (non-hydrogen) atoms. The summed E-state index contributed by atoms with van der Waals surface area (Å²) in [5.74, 6) is 0. The minimum Gasteiger partial charge on any atom is -0.275 e. The van der Waals surface area contributed by atoms with E-state index in [1.165, 1.54) is 8.61 Å². The van der Waals surface area contributed by atoms with Crippen LogP contribution in [0.25, 0.3) is 0 Å². The fourth-order valence-electron chi connectivity index (χ4n) is 1.70. The van der Waals surface area contributed by atoms with E-state index in [-0.39, 0.29) is 5.04 Å². The van der Waals surface area contributed by atoms with Gasteiger partial charge in [0.25, 0.3) is 0 Å². The van der Waals surface area contributed by atoms with E-state index in [1.54, 1.807) is 14.1 Å². The van der Waals surface area contributed by atoms with Gasteiger partial charge in [0.1, 0.15) is 8.07 Å². The Morgan fingerprint density at radius 2 is 1.78 bits per heavy atom. The largest absolute Gasteiger partial charge is 0.304 e. The first-order valence-corrected chi connectivity index (χ1v) is 10.6. The van der Waals surface area contributed by atoms with Crippen LogP contribution in [0.3, 0.4) is 0 Å². The Morgan fingerprint density at radius 3 is 2.17 bits per heavy atom. The smallest absolute Gasteiger partial charge is 0.275 e. The van der Waals surface area contributed by atoms with Gasteiger partial charge in [-0.3, -0.25) is 4.99 Å². The van der Waals surface area contributed by atoms with Gasteiger partial charge in [-0.2, -0.15) is 12.7 Å². The Hall–Kier alpha value is -0.403. The van der Waals surface area contributed by atoms with Crippen molar-refractivity contribution in [2.75, 3.05) is 27.2 Å². The van der Waals surface area contributed by atoms with E-state index >= 15 is 0 Å². The monoisotopic (exact) mass is 291 g/mol. The molecule has 1 heterocycles. The Kier molecular flexibility index (Phi) is 4.01. The molecular formula is C11H25N3O2SSi. The second kappa shape index (κ2) is 4.61. The predicted octanol–water partition coefficient (Wildman–Crippen LogP) is 1.55. The lowest BCUT2D eigenvalue weighted by Gasteiger charge is -2.40. The molecule has 0 unspecified atom stereocenters. The van der Waals surface area contributed by atoms with Gasteiger partial charge in [-0.25, -0.2) is 4.31 Å². The number of nitrogens with zero attached hydrogens (tertiary/aromatic N) is 3. The van der Waals surface area contributed by atoms with Crippen molar-refractivity contribution in [3.63, 3.8) is 0 Å². The van der Waals surface area contributed by atoms with Gasteiger partial charge in [0.2, 0.25) is 0 Å². The van der Waals surface area contributed by atoms with Crippen LogP contribution >= 0.6 is 0 Å². The van der Waals surface area contributed by atoms with Crippen LogP contribution in [0.15, 0.2) is 4.99 Å². The molecule has 0 bridgehead atoms. The van der Waals surface area contributed by atoms with Crippen molar-refractivity contribution in [2.24, 2.45) is 4.99 Å². The number of amidine groups is 1. The average molecular weight is 291 g/mol. The van der Waals surface area contributed by atoms with E-state index in [9.17, 15) is 8.42 Å². The Balaban J connectivity index is 3.20. The minimum atomic E-state index is -3.40. The van der Waals surface area contributed by atoms with Crippen LogP contribution in [0.4, 0.5) is 0 Å². The highest BCUT2D eigenvalue weighted by molar-refractivity contribution is 7.87. The quantitative estimate of drug-likeness (QED) is 0.741. The lowest BCUT2D eigenvalue weighted by Crippen LogP contribution is -2.56. The second-order valence-electron chi connectivity index (χ2n) is 6.44. The van der Waals surface area contributed by atoms with E-state index in [2.05, 4.69) is 38.9 Å². The molecule has 0 aromatic carbocycles. The molecule has 0 aliphatic carbocycles. The van der Waals surface area contributed by atoms with E-state index in [4.69, 9.17) is 0 Å². The van der Waals surface area contributed by atoms with Gasteiger partial charge in [-0.15, -0.1) is 0 Å². The third-order valence-corrected chi connectivity index (χ3v) is 11.3. The lowest BCUT2D eigenvalue weighted by atomic mass is 10.2. The summed E-state index contributed by atoms with van der Waals surface area (Å²) in [6, 6.07) is 0. The van der Waals surface area contributed by atoms with Gasteiger partial charge >= 0.3 is 10.2 Å². The Labute approximate surface area is 112 Å². The molecule has 5 nitrogen and oxygen atoms in total. The molecule has 106 valence electrons. The summed E-state index contributed by atoms with van der Waals surface area (Å²) in [4.78, 5) is 4.50. The Morgan fingerprint density at radius 1 is 1.28 bits per heavy atom. The maximum absolute atomic E-state index is 12.3. The number of aliphatic imine (C=N–C) groups is 1. The first-order chi connectivity index (χ1) is 7.92. The summed E-state index contributed by atoms with van der Waals surface area (Å²) >= 11 is 0. The lowest BCUT2D eigenvalue weighted by molar-refractivity contribution is 0.467. The van der Waals surface area contributed by atoms with Crippen LogP contribution < -0.4 is 0 Å². The van der Waals surface area contributed by atoms with Crippen LogP contribution in [0.1, 0.15) is 20.8 Å². The highest BCUT2D eigenvalue weighted by atomic mass is 32.2. The molecule has 0 fully saturated rings. The molecule has 0 amide bonds. The summed E-state index contributed by atoms with van der Waals surface area (Å²) in [5, 5.41) is 0.0796. The molecule has 7 heteroatoms. The number of hydrogen-bond acceptors (Lipinski definition) is 3. The first-order valence-electron chi connectivity index (χ1n) is 6.17. The van der Waals surface area contributed by atoms with Gasteiger partial charge in [0.05, 0.1) is 18.5 Å². The summed E-state index contributed by atoms with van der Waals surface area (Å²) in [5.41, 5.74) is 0.809. The summed E-state index contributed by atoms with van der Waals surface area (Å²) in [6.45, 7) is 11.9. The number of rotatable bonds is 3. The van der Waals surface area contributed by atoms with Crippen LogP contribution in [-0.2, 0) is 10.2 Å². The molecule has 1 aliphatic rings. The molecule has 0 N–H and O–H groups in total. The van der Waals surface area contributed by atoms with Crippen LogP contribution in [0.5, 0.6) is 0 Å². The van der Waals surface area contributed by atoms with E-state index in [0.717, 1.165) is 5.46 Å². The number of hydrogen-bond donors (Lipinski definition) is 0. The molecule has 0 saturated carbocycles. The van der Waals surface area contributed by atoms with Crippen LogP contribution in [0, 0.1) is 0 Å². The third-order valence-electron chi connectivity index (χ3n) is 3.97. The summed E-state index contributed by atoms with van der Waals surface area (Å²) in [6.07, 6.45) is 0. The maximum atomic E-state index is 12.3. The fraction of sp³-hybridized carbons (Fsp3) is 0.909. The molecule has 0 atom stereocenters. The van der Waals surface area contributed by atoms with E-state index in [0.29, 0.717) is 13.1 Å². The summed E-state index contributed by atoms with van der Waals surface area (Å²) in [7, 11) is -2.19. The van der Waals surface area contributed by atoms with E-state index in [1.807, 2.05) is 0 Å². The van der Waals surface area contributed by atoms with Gasteiger partial charge in [0.15, 0.2) is 0 Å². The zero-order valence-electron chi connectivity index (χ0n) is 12.5. The normalized spacial score (nSPS) is 18.4. The molecule has 0 radical (unpaired) electrons. The van der Waals surface area contributed by atoms with Crippen molar-refractivity contribution < 1.29 is 8.42 Å². The Bertz CT molecular complexity index is 449. The zero-order valence-corrected chi connectivity index (χ0v) is 14.3. The zero-order chi connectivity index (χ0) is 14.4. The van der Waals surface area contributed by atoms with Crippen molar-refractivity contribution in [2.45, 2.75) is 38.9 Å². The van der Waals surface area contributed by atoms with Crippen molar-refractivity contribution in [3.05, 3.63) is 0 Å². The van der Waals surface area contributed by atoms with Crippen molar-refractivity contribution in [3.8, 4) is 0 Å². The highest BCUT2D eigenvalue weighted by Crippen LogP contribution is 2.39. The molecule has 1 rings (SSSR count). The molecular weight excluding hydrogens is 266 g/mol. The van der Waals surface area contributed by atoms with Crippen LogP contribution in [-0.4, -0.2) is 57.7 Å². The van der Waals surface area contributed by atoms with Crippen molar-refractivity contribution in [1.29, 1.82) is 0 Å². The minimum absolute atomic E-state index is 0.0796. The highest BCUT2D eigenvalue weighted by Gasteiger charge is 2.47. The topological polar surface area (TPSA) is 53.0 Å². The van der Waals surface area contributed by atoms with Crippen LogP contribution in [0.2, 0.25) is 18.1 Å². The fourth-order valence-corrected chi connectivity index (χ4v) is 5.62. The van der Waals surface area contributed by atoms with Crippen molar-refractivity contribution >= 4 is 23.7 Å². The van der Waals surface area contributed by atoms with E-state index < -0.39 is 18.3 Å². The molecule has 0 aromatic heterocycles. The summed E-state index contributed by atoms with van der Waals surface area (Å²) < 4.78 is 27.4. The SMILES string of the molecule is CN(C)S(=O)(=O)N1CCN=C1[Si](C)(C)C(C)(C)C. The predicted molar refractivity (Wildman–Crippen MR) is 78.8 cm³/mol. The van der Waals surface area contributed by atoms with Crippen molar-refractivity contribution in [1.82, 2.24) is 8.61 Å². The molecule has 0 aromatic rings. The maximum Gasteiger partial charge on any atom is 0.304 e. The molecule has 1 aliphatic heterocycles. The first kappa shape index (κ1) is 15.7. The average Bonchev–Trinajstić information content (AvgIpc) is 2.64. The standard InChI is InChI=1S/C11H25N3O2SSi/c1-11(2,3)18(6,7)10-12-8-9-14(10)17(15,16)13(4)5/h8-9H2,1-7H3.